The first-order valence-electron chi connectivity index (χ1n) is 19.0. The van der Waals surface area contributed by atoms with E-state index in [1.165, 1.54) is 49.2 Å². The van der Waals surface area contributed by atoms with Crippen molar-refractivity contribution in [1.29, 1.82) is 0 Å². The molecule has 0 N–H and O–H groups in total. The first-order valence-corrected chi connectivity index (χ1v) is 19.0. The van der Waals surface area contributed by atoms with Crippen LogP contribution in [-0.4, -0.2) is 4.98 Å². The minimum Gasteiger partial charge on any atom is -0.435 e. The normalized spacial score (nSPS) is 11.6. The van der Waals surface area contributed by atoms with Gasteiger partial charge in [-0.05, 0) is 115 Å². The molecule has 0 saturated carbocycles. The van der Waals surface area contributed by atoms with Crippen molar-refractivity contribution >= 4 is 71.3 Å². The summed E-state index contributed by atoms with van der Waals surface area (Å²) in [6.07, 6.45) is 0. The summed E-state index contributed by atoms with van der Waals surface area (Å²) in [4.78, 5) is 7.27. The minimum absolute atomic E-state index is 0.633. The topological polar surface area (TPSA) is 29.3 Å². The Bertz CT molecular complexity index is 3220. The van der Waals surface area contributed by atoms with Gasteiger partial charge in [-0.25, -0.2) is 4.98 Å². The number of benzene rings is 10. The zero-order valence-corrected chi connectivity index (χ0v) is 30.4. The Kier molecular flexibility index (Phi) is 7.49. The summed E-state index contributed by atoms with van der Waals surface area (Å²) in [5, 5.41) is 9.37. The van der Waals surface area contributed by atoms with Crippen LogP contribution in [0.2, 0.25) is 0 Å². The maximum atomic E-state index is 6.59. The number of aromatic nitrogens is 1. The van der Waals surface area contributed by atoms with Gasteiger partial charge in [0.05, 0.1) is 0 Å². The Morgan fingerprint density at radius 2 is 0.857 bits per heavy atom. The van der Waals surface area contributed by atoms with Crippen LogP contribution in [0.3, 0.4) is 0 Å². The Hall–Kier alpha value is -7.49. The zero-order valence-electron chi connectivity index (χ0n) is 30.4. The molecule has 10 aromatic carbocycles. The van der Waals surface area contributed by atoms with E-state index in [9.17, 15) is 0 Å². The lowest BCUT2D eigenvalue weighted by Crippen LogP contribution is -2.09. The quantitative estimate of drug-likeness (QED) is 0.161. The lowest BCUT2D eigenvalue weighted by molar-refractivity contribution is 0.623. The summed E-state index contributed by atoms with van der Waals surface area (Å²) in [6.45, 7) is 0. The highest BCUT2D eigenvalue weighted by Gasteiger charge is 2.18. The lowest BCUT2D eigenvalue weighted by atomic mass is 9.95. The second-order valence-electron chi connectivity index (χ2n) is 14.4. The monoisotopic (exact) mass is 714 g/mol. The summed E-state index contributed by atoms with van der Waals surface area (Å²) in [5.41, 5.74) is 10.7. The zero-order chi connectivity index (χ0) is 37.0. The standard InChI is InChI=1S/C53H34N2O/c1-3-9-35(10-4-1)37-21-26-45(27-22-37)55(46-28-23-38(24-29-46)43-19-15-36-11-7-8-14-42(36)33-43)47-30-31-48-44(34-47)20-18-39-16-17-40-25-32-49-52(51(40)50(39)48)56-53(54-49)41-12-5-2-6-13-41/h1-34H. The van der Waals surface area contributed by atoms with Crippen molar-refractivity contribution in [3.05, 3.63) is 206 Å². The Labute approximate surface area is 324 Å². The second kappa shape index (κ2) is 13.1. The molecule has 0 amide bonds. The molecule has 0 saturated heterocycles. The van der Waals surface area contributed by atoms with Crippen molar-refractivity contribution in [3.63, 3.8) is 0 Å². The molecule has 0 atom stereocenters. The van der Waals surface area contributed by atoms with E-state index in [-0.39, 0.29) is 0 Å². The first kappa shape index (κ1) is 32.0. The Morgan fingerprint density at radius 1 is 0.339 bits per heavy atom. The number of anilines is 3. The molecule has 1 heterocycles. The predicted octanol–water partition coefficient (Wildman–Crippen LogP) is 14.9. The highest BCUT2D eigenvalue weighted by molar-refractivity contribution is 6.26. The van der Waals surface area contributed by atoms with Crippen LogP contribution in [0.1, 0.15) is 0 Å². The van der Waals surface area contributed by atoms with E-state index in [4.69, 9.17) is 9.40 Å². The van der Waals surface area contributed by atoms with Crippen molar-refractivity contribution < 1.29 is 4.42 Å². The third-order valence-electron chi connectivity index (χ3n) is 11.0. The van der Waals surface area contributed by atoms with Crippen LogP contribution in [0.4, 0.5) is 17.1 Å². The smallest absolute Gasteiger partial charge is 0.227 e. The molecule has 11 aromatic rings. The van der Waals surface area contributed by atoms with E-state index in [2.05, 4.69) is 181 Å². The molecule has 0 unspecified atom stereocenters. The van der Waals surface area contributed by atoms with Gasteiger partial charge in [0.2, 0.25) is 5.89 Å². The lowest BCUT2D eigenvalue weighted by Gasteiger charge is -2.26. The van der Waals surface area contributed by atoms with E-state index in [0.29, 0.717) is 5.89 Å². The van der Waals surface area contributed by atoms with Gasteiger partial charge in [-0.1, -0.05) is 146 Å². The second-order valence-corrected chi connectivity index (χ2v) is 14.4. The van der Waals surface area contributed by atoms with Gasteiger partial charge in [-0.2, -0.15) is 0 Å². The van der Waals surface area contributed by atoms with Gasteiger partial charge in [0.15, 0.2) is 5.58 Å². The third-order valence-corrected chi connectivity index (χ3v) is 11.0. The van der Waals surface area contributed by atoms with Crippen molar-refractivity contribution in [2.24, 2.45) is 0 Å². The van der Waals surface area contributed by atoms with E-state index in [1.807, 2.05) is 30.3 Å². The van der Waals surface area contributed by atoms with Gasteiger partial charge in [0, 0.05) is 33.4 Å². The minimum atomic E-state index is 0.633. The molecule has 0 aliphatic rings. The van der Waals surface area contributed by atoms with Crippen LogP contribution < -0.4 is 4.90 Å². The Balaban J connectivity index is 1.06. The van der Waals surface area contributed by atoms with Crippen LogP contribution >= 0.6 is 0 Å². The van der Waals surface area contributed by atoms with Gasteiger partial charge in [0.25, 0.3) is 0 Å². The van der Waals surface area contributed by atoms with Crippen molar-refractivity contribution in [2.45, 2.75) is 0 Å². The maximum Gasteiger partial charge on any atom is 0.227 e. The number of fused-ring (bicyclic) bond motifs is 8. The summed E-state index contributed by atoms with van der Waals surface area (Å²) < 4.78 is 6.59. The molecule has 262 valence electrons. The van der Waals surface area contributed by atoms with Gasteiger partial charge in [-0.3, -0.25) is 0 Å². The number of oxazole rings is 1. The van der Waals surface area contributed by atoms with Gasteiger partial charge >= 0.3 is 0 Å². The molecule has 1 aromatic heterocycles. The van der Waals surface area contributed by atoms with E-state index in [0.717, 1.165) is 49.9 Å². The molecular weight excluding hydrogens is 681 g/mol. The van der Waals surface area contributed by atoms with Gasteiger partial charge in [-0.15, -0.1) is 0 Å². The maximum absolute atomic E-state index is 6.59. The average Bonchev–Trinajstić information content (AvgIpc) is 3.72. The van der Waals surface area contributed by atoms with E-state index >= 15 is 0 Å². The molecule has 3 nitrogen and oxygen atoms in total. The predicted molar refractivity (Wildman–Crippen MR) is 235 cm³/mol. The molecule has 56 heavy (non-hydrogen) atoms. The van der Waals surface area contributed by atoms with Crippen LogP contribution in [0, 0.1) is 0 Å². The van der Waals surface area contributed by atoms with Crippen LogP contribution in [0.5, 0.6) is 0 Å². The third kappa shape index (κ3) is 5.49. The largest absolute Gasteiger partial charge is 0.435 e. The van der Waals surface area contributed by atoms with E-state index < -0.39 is 0 Å². The summed E-state index contributed by atoms with van der Waals surface area (Å²) in [5.74, 6) is 0.633. The molecular formula is C53H34N2O. The number of nitrogens with zero attached hydrogens (tertiary/aromatic N) is 2. The first-order chi connectivity index (χ1) is 27.7. The SMILES string of the molecule is c1ccc(-c2ccc(N(c3ccc(-c4ccc5ccccc5c4)cc3)c3ccc4c(ccc5ccc6ccc7nc(-c8ccccc8)oc7c6c54)c3)cc2)cc1. The van der Waals surface area contributed by atoms with Crippen molar-refractivity contribution in [3.8, 4) is 33.7 Å². The number of hydrogen-bond donors (Lipinski definition) is 0. The molecule has 0 bridgehead atoms. The van der Waals surface area contributed by atoms with Gasteiger partial charge < -0.3 is 9.32 Å². The fourth-order valence-electron chi connectivity index (χ4n) is 8.23. The fraction of sp³-hybridized carbons (Fsp3) is 0. The summed E-state index contributed by atoms with van der Waals surface area (Å²) in [7, 11) is 0. The molecule has 11 rings (SSSR count). The molecule has 0 spiro atoms. The van der Waals surface area contributed by atoms with Crippen LogP contribution in [0.15, 0.2) is 211 Å². The van der Waals surface area contributed by atoms with Crippen LogP contribution in [-0.2, 0) is 0 Å². The number of rotatable bonds is 6. The van der Waals surface area contributed by atoms with E-state index in [1.54, 1.807) is 0 Å². The van der Waals surface area contributed by atoms with Crippen molar-refractivity contribution in [2.75, 3.05) is 4.90 Å². The van der Waals surface area contributed by atoms with Crippen molar-refractivity contribution in [1.82, 2.24) is 4.98 Å². The van der Waals surface area contributed by atoms with Gasteiger partial charge in [0.1, 0.15) is 5.52 Å². The fourth-order valence-corrected chi connectivity index (χ4v) is 8.23. The molecule has 0 aliphatic heterocycles. The summed E-state index contributed by atoms with van der Waals surface area (Å²) in [6, 6.07) is 73.6. The number of hydrogen-bond acceptors (Lipinski definition) is 3. The Morgan fingerprint density at radius 3 is 1.57 bits per heavy atom. The summed E-state index contributed by atoms with van der Waals surface area (Å²) >= 11 is 0. The molecule has 0 fully saturated rings. The highest BCUT2D eigenvalue weighted by Crippen LogP contribution is 2.42. The molecule has 0 aliphatic carbocycles. The highest BCUT2D eigenvalue weighted by atomic mass is 16.3. The average molecular weight is 715 g/mol. The molecule has 0 radical (unpaired) electrons. The van der Waals surface area contributed by atoms with Crippen LogP contribution in [0.25, 0.3) is 87.9 Å². The molecule has 3 heteroatoms.